The van der Waals surface area contributed by atoms with Gasteiger partial charge >= 0.3 is 0 Å². The molecular weight excluding hydrogens is 278 g/mol. The van der Waals surface area contributed by atoms with Gasteiger partial charge in [-0.1, -0.05) is 0 Å². The fourth-order valence-electron chi connectivity index (χ4n) is 1.43. The Hall–Kier alpha value is -2.55. The Morgan fingerprint density at radius 3 is 2.70 bits per heavy atom. The van der Waals surface area contributed by atoms with Gasteiger partial charge in [0.2, 0.25) is 0 Å². The number of fused-ring (bicyclic) bond motifs is 1. The molecule has 0 saturated heterocycles. The molecule has 0 atom stereocenters. The van der Waals surface area contributed by atoms with Gasteiger partial charge in [0.05, 0.1) is 6.33 Å². The molecule has 0 saturated carbocycles. The highest BCUT2D eigenvalue weighted by atomic mass is 32.1. The van der Waals surface area contributed by atoms with E-state index in [4.69, 9.17) is 0 Å². The van der Waals surface area contributed by atoms with Crippen molar-refractivity contribution in [2.45, 2.75) is 6.92 Å². The van der Waals surface area contributed by atoms with Gasteiger partial charge in [-0.05, 0) is 19.1 Å². The summed E-state index contributed by atoms with van der Waals surface area (Å²) in [7, 11) is 1.81. The zero-order valence-electron chi connectivity index (χ0n) is 10.9. The molecular formula is C11H13N7OS. The molecule has 8 nitrogen and oxygen atoms in total. The summed E-state index contributed by atoms with van der Waals surface area (Å²) in [4.78, 5) is 30.7. The maximum absolute atomic E-state index is 10.7. The fourth-order valence-corrected chi connectivity index (χ4v) is 1.58. The lowest BCUT2D eigenvalue weighted by atomic mass is 10.4. The second-order valence-electron chi connectivity index (χ2n) is 3.83. The quantitative estimate of drug-likeness (QED) is 0.500. The van der Waals surface area contributed by atoms with Gasteiger partial charge in [0.1, 0.15) is 11.8 Å². The summed E-state index contributed by atoms with van der Waals surface area (Å²) in [6.07, 6.45) is 4.66. The van der Waals surface area contributed by atoms with Crippen LogP contribution in [0, 0.1) is 11.7 Å². The Morgan fingerprint density at radius 1 is 1.25 bits per heavy atom. The van der Waals surface area contributed by atoms with E-state index in [1.54, 1.807) is 19.4 Å². The standard InChI is InChI=1S/C6H7N5.C5H6N2OS/c1-7-5-4-6(10-2-8-4)11-3-9-5;1-3-2-6-5(9)7-4(3)8/h2-3H,1H3,(H2,7,8,9,10,11);2H,1H3,(H2,6,7,8,9). The molecule has 0 amide bonds. The van der Waals surface area contributed by atoms with Crippen LogP contribution in [-0.2, 0) is 0 Å². The number of anilines is 1. The summed E-state index contributed by atoms with van der Waals surface area (Å²) in [6.45, 7) is 1.71. The number of hydrogen-bond acceptors (Lipinski definition) is 6. The van der Waals surface area contributed by atoms with Gasteiger partial charge in [-0.2, -0.15) is 0 Å². The number of aryl methyl sites for hydroxylation is 1. The highest BCUT2D eigenvalue weighted by molar-refractivity contribution is 7.71. The predicted octanol–water partition coefficient (Wildman–Crippen LogP) is 1.14. The van der Waals surface area contributed by atoms with E-state index >= 15 is 0 Å². The molecule has 20 heavy (non-hydrogen) atoms. The number of aromatic amines is 3. The minimum Gasteiger partial charge on any atom is -0.371 e. The molecule has 0 aromatic carbocycles. The van der Waals surface area contributed by atoms with E-state index in [2.05, 4.69) is 47.4 Å². The van der Waals surface area contributed by atoms with E-state index in [1.807, 2.05) is 7.05 Å². The van der Waals surface area contributed by atoms with Crippen LogP contribution in [0.2, 0.25) is 0 Å². The van der Waals surface area contributed by atoms with Crippen LogP contribution in [-0.4, -0.2) is 37.0 Å². The number of aromatic nitrogens is 6. The molecule has 0 aliphatic heterocycles. The fraction of sp³-hybridized carbons (Fsp3) is 0.182. The minimum absolute atomic E-state index is 0.126. The van der Waals surface area contributed by atoms with Gasteiger partial charge in [0.15, 0.2) is 16.2 Å². The smallest absolute Gasteiger partial charge is 0.254 e. The lowest BCUT2D eigenvalue weighted by Gasteiger charge is -1.96. The summed E-state index contributed by atoms with van der Waals surface area (Å²) >= 11 is 4.65. The first kappa shape index (κ1) is 13.9. The maximum atomic E-state index is 10.7. The van der Waals surface area contributed by atoms with Gasteiger partial charge in [-0.3, -0.25) is 9.78 Å². The Balaban J connectivity index is 0.000000151. The Kier molecular flexibility index (Phi) is 4.20. The van der Waals surface area contributed by atoms with E-state index in [0.29, 0.717) is 16.0 Å². The molecule has 104 valence electrons. The second-order valence-corrected chi connectivity index (χ2v) is 4.24. The van der Waals surface area contributed by atoms with Crippen LogP contribution < -0.4 is 10.9 Å². The average molecular weight is 291 g/mol. The molecule has 3 rings (SSSR count). The first-order valence-electron chi connectivity index (χ1n) is 5.72. The van der Waals surface area contributed by atoms with E-state index in [1.165, 1.54) is 6.33 Å². The second kappa shape index (κ2) is 6.06. The normalized spacial score (nSPS) is 9.90. The zero-order chi connectivity index (χ0) is 14.5. The molecule has 0 unspecified atom stereocenters. The van der Waals surface area contributed by atoms with E-state index < -0.39 is 0 Å². The van der Waals surface area contributed by atoms with Crippen LogP contribution in [0.25, 0.3) is 11.2 Å². The van der Waals surface area contributed by atoms with Crippen molar-refractivity contribution in [3.05, 3.63) is 39.5 Å². The maximum Gasteiger partial charge on any atom is 0.254 e. The number of nitrogens with one attached hydrogen (secondary N) is 4. The SMILES string of the molecule is CNc1ncnc2nc[nH]c12.Cc1c[nH]c(=S)[nH]c1=O. The predicted molar refractivity (Wildman–Crippen MR) is 78.2 cm³/mol. The van der Waals surface area contributed by atoms with Crippen molar-refractivity contribution < 1.29 is 0 Å². The number of hydrogen-bond donors (Lipinski definition) is 4. The molecule has 0 aliphatic carbocycles. The summed E-state index contributed by atoms with van der Waals surface area (Å²) in [6, 6.07) is 0. The number of H-pyrrole nitrogens is 3. The molecule has 0 bridgehead atoms. The molecule has 3 aromatic rings. The first-order valence-corrected chi connectivity index (χ1v) is 6.13. The summed E-state index contributed by atoms with van der Waals surface area (Å²) < 4.78 is 0.366. The molecule has 3 aromatic heterocycles. The topological polar surface area (TPSA) is 115 Å². The third kappa shape index (κ3) is 3.06. The molecule has 0 aliphatic rings. The van der Waals surface area contributed by atoms with Crippen molar-refractivity contribution >= 4 is 29.2 Å². The minimum atomic E-state index is -0.126. The average Bonchev–Trinajstić information content (AvgIpc) is 2.92. The first-order chi connectivity index (χ1) is 9.61. The van der Waals surface area contributed by atoms with Crippen LogP contribution in [0.4, 0.5) is 5.82 Å². The lowest BCUT2D eigenvalue weighted by Crippen LogP contribution is -2.09. The van der Waals surface area contributed by atoms with Crippen molar-refractivity contribution in [3.63, 3.8) is 0 Å². The monoisotopic (exact) mass is 291 g/mol. The van der Waals surface area contributed by atoms with Gasteiger partial charge in [0.25, 0.3) is 5.56 Å². The lowest BCUT2D eigenvalue weighted by molar-refractivity contribution is 1.05. The van der Waals surface area contributed by atoms with Crippen LogP contribution in [0.3, 0.4) is 0 Å². The largest absolute Gasteiger partial charge is 0.371 e. The van der Waals surface area contributed by atoms with E-state index in [9.17, 15) is 4.79 Å². The summed E-state index contributed by atoms with van der Waals surface area (Å²) in [5.41, 5.74) is 2.04. The molecule has 9 heteroatoms. The number of imidazole rings is 1. The molecule has 0 fully saturated rings. The Morgan fingerprint density at radius 2 is 2.05 bits per heavy atom. The van der Waals surface area contributed by atoms with Crippen molar-refractivity contribution in [1.29, 1.82) is 0 Å². The van der Waals surface area contributed by atoms with Crippen molar-refractivity contribution in [1.82, 2.24) is 29.9 Å². The molecule has 0 spiro atoms. The van der Waals surface area contributed by atoms with Crippen molar-refractivity contribution in [2.75, 3.05) is 12.4 Å². The Labute approximate surface area is 118 Å². The van der Waals surface area contributed by atoms with Gasteiger partial charge < -0.3 is 15.3 Å². The molecule has 0 radical (unpaired) electrons. The summed E-state index contributed by atoms with van der Waals surface area (Å²) in [5, 5.41) is 2.93. The van der Waals surface area contributed by atoms with Crippen LogP contribution in [0.1, 0.15) is 5.56 Å². The molecule has 4 N–H and O–H groups in total. The van der Waals surface area contributed by atoms with E-state index in [0.717, 1.165) is 11.3 Å². The third-order valence-electron chi connectivity index (χ3n) is 2.46. The van der Waals surface area contributed by atoms with Crippen molar-refractivity contribution in [2.24, 2.45) is 0 Å². The highest BCUT2D eigenvalue weighted by Gasteiger charge is 2.01. The van der Waals surface area contributed by atoms with Gasteiger partial charge in [0, 0.05) is 18.8 Å². The van der Waals surface area contributed by atoms with Crippen LogP contribution in [0.5, 0.6) is 0 Å². The van der Waals surface area contributed by atoms with Gasteiger partial charge in [-0.15, -0.1) is 0 Å². The van der Waals surface area contributed by atoms with Gasteiger partial charge in [-0.25, -0.2) is 15.0 Å². The third-order valence-corrected chi connectivity index (χ3v) is 2.68. The van der Waals surface area contributed by atoms with Crippen LogP contribution >= 0.6 is 12.2 Å². The summed E-state index contributed by atoms with van der Waals surface area (Å²) in [5.74, 6) is 0.771. The number of nitrogens with zero attached hydrogens (tertiary/aromatic N) is 3. The Bertz CT molecular complexity index is 819. The number of rotatable bonds is 1. The molecule has 3 heterocycles. The highest BCUT2D eigenvalue weighted by Crippen LogP contribution is 2.12. The van der Waals surface area contributed by atoms with Crippen molar-refractivity contribution in [3.8, 4) is 0 Å². The van der Waals surface area contributed by atoms with E-state index in [-0.39, 0.29) is 5.56 Å². The van der Waals surface area contributed by atoms with Crippen LogP contribution in [0.15, 0.2) is 23.6 Å². The zero-order valence-corrected chi connectivity index (χ0v) is 11.7.